The number of hydrogen-bond acceptors (Lipinski definition) is 5. The number of ether oxygens (including phenoxy) is 1. The number of piperazine rings is 1. The van der Waals surface area contributed by atoms with Crippen LogP contribution in [-0.4, -0.2) is 56.3 Å². The first kappa shape index (κ1) is 21.8. The van der Waals surface area contributed by atoms with E-state index in [4.69, 9.17) is 10.00 Å². The van der Waals surface area contributed by atoms with Crippen LogP contribution in [-0.2, 0) is 14.8 Å². The average Bonchev–Trinajstić information content (AvgIpc) is 2.71. The molecule has 0 aromatic heterocycles. The number of carbonyl (C=O) groups excluding carboxylic acids is 1. The highest BCUT2D eigenvalue weighted by Gasteiger charge is 2.32. The number of carbonyl (C=O) groups is 1. The van der Waals surface area contributed by atoms with Crippen molar-refractivity contribution in [3.63, 3.8) is 0 Å². The summed E-state index contributed by atoms with van der Waals surface area (Å²) < 4.78 is 33.3. The second kappa shape index (κ2) is 8.86. The number of rotatable bonds is 5. The van der Waals surface area contributed by atoms with Gasteiger partial charge in [0.25, 0.3) is 5.91 Å². The normalized spacial score (nSPS) is 14.9. The highest BCUT2D eigenvalue weighted by molar-refractivity contribution is 7.89. The van der Waals surface area contributed by atoms with Crippen LogP contribution in [0.25, 0.3) is 0 Å². The van der Waals surface area contributed by atoms with E-state index in [1.165, 1.54) is 4.31 Å². The Bertz CT molecular complexity index is 1060. The Morgan fingerprint density at radius 1 is 1.03 bits per heavy atom. The van der Waals surface area contributed by atoms with Crippen LogP contribution in [0.15, 0.2) is 41.3 Å². The molecule has 1 saturated heterocycles. The van der Waals surface area contributed by atoms with E-state index in [-0.39, 0.29) is 25.6 Å². The van der Waals surface area contributed by atoms with Gasteiger partial charge in [0.2, 0.25) is 10.0 Å². The average molecular weight is 428 g/mol. The molecule has 0 unspecified atom stereocenters. The lowest BCUT2D eigenvalue weighted by Crippen LogP contribution is -2.51. The Labute approximate surface area is 177 Å². The van der Waals surface area contributed by atoms with Crippen molar-refractivity contribution in [2.24, 2.45) is 0 Å². The van der Waals surface area contributed by atoms with Gasteiger partial charge in [0.15, 0.2) is 6.61 Å². The number of nitrogens with zero attached hydrogens (tertiary/aromatic N) is 3. The summed E-state index contributed by atoms with van der Waals surface area (Å²) in [5, 5.41) is 8.81. The molecule has 158 valence electrons. The molecular formula is C22H25N3O4S. The van der Waals surface area contributed by atoms with Crippen LogP contribution in [0.5, 0.6) is 5.75 Å². The molecular weight excluding hydrogens is 402 g/mol. The maximum Gasteiger partial charge on any atom is 0.260 e. The molecule has 0 radical (unpaired) electrons. The molecule has 1 heterocycles. The zero-order valence-corrected chi connectivity index (χ0v) is 18.2. The second-order valence-electron chi connectivity index (χ2n) is 7.44. The van der Waals surface area contributed by atoms with E-state index in [1.54, 1.807) is 29.2 Å². The predicted molar refractivity (Wildman–Crippen MR) is 113 cm³/mol. The van der Waals surface area contributed by atoms with Gasteiger partial charge < -0.3 is 9.64 Å². The minimum Gasteiger partial charge on any atom is -0.484 e. The first-order valence-corrected chi connectivity index (χ1v) is 11.1. The minimum atomic E-state index is -3.61. The van der Waals surface area contributed by atoms with E-state index in [0.29, 0.717) is 29.3 Å². The fourth-order valence-corrected chi connectivity index (χ4v) is 5.58. The quantitative estimate of drug-likeness (QED) is 0.731. The minimum absolute atomic E-state index is 0.130. The topological polar surface area (TPSA) is 90.7 Å². The molecule has 2 aromatic rings. The van der Waals surface area contributed by atoms with E-state index in [1.807, 2.05) is 39.0 Å². The van der Waals surface area contributed by atoms with Crippen molar-refractivity contribution in [2.75, 3.05) is 32.8 Å². The van der Waals surface area contributed by atoms with Crippen LogP contribution >= 0.6 is 0 Å². The van der Waals surface area contributed by atoms with Crippen molar-refractivity contribution in [3.05, 3.63) is 58.7 Å². The lowest BCUT2D eigenvalue weighted by Gasteiger charge is -2.34. The molecule has 3 rings (SSSR count). The summed E-state index contributed by atoms with van der Waals surface area (Å²) in [6, 6.07) is 12.3. The summed E-state index contributed by atoms with van der Waals surface area (Å²) in [7, 11) is -3.61. The Kier molecular flexibility index (Phi) is 6.44. The van der Waals surface area contributed by atoms with Crippen molar-refractivity contribution in [1.82, 2.24) is 9.21 Å². The number of benzene rings is 2. The predicted octanol–water partition coefficient (Wildman–Crippen LogP) is 2.40. The third-order valence-electron chi connectivity index (χ3n) is 5.14. The van der Waals surface area contributed by atoms with Crippen molar-refractivity contribution in [3.8, 4) is 11.8 Å². The summed E-state index contributed by atoms with van der Waals surface area (Å²) in [6.45, 7) is 6.57. The molecule has 2 aromatic carbocycles. The number of sulfonamides is 1. The largest absolute Gasteiger partial charge is 0.484 e. The third-order valence-corrected chi connectivity index (χ3v) is 7.34. The summed E-state index contributed by atoms with van der Waals surface area (Å²) in [5.74, 6) is 0.313. The van der Waals surface area contributed by atoms with E-state index < -0.39 is 10.0 Å². The standard InChI is InChI=1S/C22H25N3O4S/c1-16-12-17(2)22(18(3)13-16)30(27,28)25-10-8-24(9-11-25)21(26)15-29-20-6-4-19(14-23)5-7-20/h4-7,12-13H,8-11,15H2,1-3H3. The van der Waals surface area contributed by atoms with Crippen LogP contribution in [0.4, 0.5) is 0 Å². The molecule has 1 aliphatic rings. The molecule has 0 spiro atoms. The summed E-state index contributed by atoms with van der Waals surface area (Å²) in [4.78, 5) is 14.4. The van der Waals surface area contributed by atoms with E-state index in [9.17, 15) is 13.2 Å². The van der Waals surface area contributed by atoms with E-state index >= 15 is 0 Å². The van der Waals surface area contributed by atoms with Gasteiger partial charge in [0.05, 0.1) is 16.5 Å². The van der Waals surface area contributed by atoms with Crippen molar-refractivity contribution >= 4 is 15.9 Å². The van der Waals surface area contributed by atoms with Crippen LogP contribution in [0.2, 0.25) is 0 Å². The fraction of sp³-hybridized carbons (Fsp3) is 0.364. The number of aryl methyl sites for hydroxylation is 3. The first-order chi connectivity index (χ1) is 14.2. The van der Waals surface area contributed by atoms with Gasteiger partial charge in [-0.15, -0.1) is 0 Å². The number of amides is 1. The molecule has 8 heteroatoms. The first-order valence-electron chi connectivity index (χ1n) is 9.71. The molecule has 0 saturated carbocycles. The van der Waals surface area contributed by atoms with Gasteiger partial charge in [-0.05, 0) is 56.2 Å². The van der Waals surface area contributed by atoms with Gasteiger partial charge in [-0.3, -0.25) is 4.79 Å². The van der Waals surface area contributed by atoms with Crippen molar-refractivity contribution < 1.29 is 17.9 Å². The number of hydrogen-bond donors (Lipinski definition) is 0. The third kappa shape index (κ3) is 4.64. The fourth-order valence-electron chi connectivity index (χ4n) is 3.74. The van der Waals surface area contributed by atoms with Gasteiger partial charge in [0, 0.05) is 26.2 Å². The van der Waals surface area contributed by atoms with Crippen LogP contribution in [0.3, 0.4) is 0 Å². The molecule has 0 aliphatic carbocycles. The second-order valence-corrected chi connectivity index (χ2v) is 9.31. The summed E-state index contributed by atoms with van der Waals surface area (Å²) >= 11 is 0. The van der Waals surface area contributed by atoms with Gasteiger partial charge in [-0.25, -0.2) is 8.42 Å². The molecule has 7 nitrogen and oxygen atoms in total. The molecule has 1 amide bonds. The summed E-state index contributed by atoms with van der Waals surface area (Å²) in [6.07, 6.45) is 0. The summed E-state index contributed by atoms with van der Waals surface area (Å²) in [5.41, 5.74) is 3.02. The number of nitriles is 1. The monoisotopic (exact) mass is 427 g/mol. The molecule has 1 fully saturated rings. The highest BCUT2D eigenvalue weighted by atomic mass is 32.2. The SMILES string of the molecule is Cc1cc(C)c(S(=O)(=O)N2CCN(C(=O)COc3ccc(C#N)cc3)CC2)c(C)c1. The lowest BCUT2D eigenvalue weighted by atomic mass is 10.1. The Hall–Kier alpha value is -2.89. The zero-order chi connectivity index (χ0) is 21.9. The van der Waals surface area contributed by atoms with Gasteiger partial charge in [-0.2, -0.15) is 9.57 Å². The Balaban J connectivity index is 1.60. The highest BCUT2D eigenvalue weighted by Crippen LogP contribution is 2.26. The van der Waals surface area contributed by atoms with Gasteiger partial charge >= 0.3 is 0 Å². The molecule has 30 heavy (non-hydrogen) atoms. The molecule has 0 atom stereocenters. The van der Waals surface area contributed by atoms with Gasteiger partial charge in [0.1, 0.15) is 5.75 Å². The Morgan fingerprint density at radius 2 is 1.60 bits per heavy atom. The van der Waals surface area contributed by atoms with E-state index in [0.717, 1.165) is 16.7 Å². The molecule has 1 aliphatic heterocycles. The van der Waals surface area contributed by atoms with Crippen LogP contribution < -0.4 is 4.74 Å². The van der Waals surface area contributed by atoms with Crippen molar-refractivity contribution in [2.45, 2.75) is 25.7 Å². The Morgan fingerprint density at radius 3 is 2.13 bits per heavy atom. The maximum atomic E-state index is 13.2. The van der Waals surface area contributed by atoms with Crippen molar-refractivity contribution in [1.29, 1.82) is 5.26 Å². The maximum absolute atomic E-state index is 13.2. The van der Waals surface area contributed by atoms with Gasteiger partial charge in [-0.1, -0.05) is 17.7 Å². The molecule has 0 bridgehead atoms. The van der Waals surface area contributed by atoms with Crippen LogP contribution in [0.1, 0.15) is 22.3 Å². The smallest absolute Gasteiger partial charge is 0.260 e. The van der Waals surface area contributed by atoms with Crippen LogP contribution in [0, 0.1) is 32.1 Å². The zero-order valence-electron chi connectivity index (χ0n) is 17.4. The molecule has 0 N–H and O–H groups in total. The lowest BCUT2D eigenvalue weighted by molar-refractivity contribution is -0.134. The van der Waals surface area contributed by atoms with E-state index in [2.05, 4.69) is 0 Å².